The van der Waals surface area contributed by atoms with Gasteiger partial charge in [-0.3, -0.25) is 13.9 Å². The van der Waals surface area contributed by atoms with Gasteiger partial charge in [0.2, 0.25) is 0 Å². The molecular weight excluding hydrogens is 478 g/mol. The van der Waals surface area contributed by atoms with Crippen molar-refractivity contribution in [2.24, 2.45) is 40.9 Å². The molecule has 0 bridgehead atoms. The van der Waals surface area contributed by atoms with Crippen LogP contribution in [0.1, 0.15) is 91.9 Å². The van der Waals surface area contributed by atoms with Crippen LogP contribution in [0.2, 0.25) is 0 Å². The van der Waals surface area contributed by atoms with E-state index in [-0.39, 0.29) is 5.60 Å². The maximum absolute atomic E-state index is 12.2. The topological polar surface area (TPSA) is 113 Å². The van der Waals surface area contributed by atoms with E-state index in [1.807, 2.05) is 5.57 Å². The monoisotopic (exact) mass is 523 g/mol. The van der Waals surface area contributed by atoms with E-state index in [9.17, 15) is 4.79 Å². The minimum Gasteiger partial charge on any atom is -0.369 e. The Balaban J connectivity index is 0.000000489. The van der Waals surface area contributed by atoms with E-state index in [2.05, 4.69) is 33.0 Å². The smallest absolute Gasteiger partial charge is 0.369 e. The second kappa shape index (κ2) is 9.44. The fourth-order valence-corrected chi connectivity index (χ4v) is 9.61. The number of rotatable bonds is 0. The number of hydrogen-bond donors (Lipinski definition) is 3. The van der Waals surface area contributed by atoms with E-state index in [1.54, 1.807) is 5.57 Å². The SMILES string of the molecule is CC1=C2C[C@H]3[C@@H](CC[C@@H]4CC(=O)CC[C@@]43C)[C@@H]2CC[C@@]2(C1)O[C@@H]1C[C@H](C)CN[C@H]1[C@H]2C.O=S(=O)(O)O. The molecule has 1 spiro atoms. The third-order valence-electron chi connectivity index (χ3n) is 11.4. The number of allylic oxidation sites excluding steroid dienone is 1. The molecule has 10 atom stereocenters. The van der Waals surface area contributed by atoms with Crippen LogP contribution in [0.3, 0.4) is 0 Å². The summed E-state index contributed by atoms with van der Waals surface area (Å²) >= 11 is 0. The van der Waals surface area contributed by atoms with Crippen LogP contribution < -0.4 is 5.32 Å². The Kier molecular flexibility index (Phi) is 7.02. The third kappa shape index (κ3) is 4.74. The minimum absolute atomic E-state index is 0.0572. The predicted octanol–water partition coefficient (Wildman–Crippen LogP) is 5.03. The summed E-state index contributed by atoms with van der Waals surface area (Å²) in [5.41, 5.74) is 3.95. The molecule has 6 aliphatic rings. The van der Waals surface area contributed by atoms with Gasteiger partial charge in [0.15, 0.2) is 0 Å². The number of piperidine rings is 1. The van der Waals surface area contributed by atoms with Crippen LogP contribution in [0.5, 0.6) is 0 Å². The second-order valence-electron chi connectivity index (χ2n) is 13.4. The van der Waals surface area contributed by atoms with Crippen LogP contribution >= 0.6 is 0 Å². The molecule has 0 radical (unpaired) electrons. The van der Waals surface area contributed by atoms with Gasteiger partial charge < -0.3 is 10.1 Å². The van der Waals surface area contributed by atoms with Crippen molar-refractivity contribution >= 4 is 16.2 Å². The van der Waals surface area contributed by atoms with Gasteiger partial charge in [-0.05, 0) is 99.8 Å². The quantitative estimate of drug-likeness (QED) is 0.302. The van der Waals surface area contributed by atoms with Gasteiger partial charge in [-0.1, -0.05) is 31.9 Å². The van der Waals surface area contributed by atoms with Gasteiger partial charge >= 0.3 is 10.4 Å². The molecule has 0 aromatic heterocycles. The molecule has 4 aliphatic carbocycles. The summed E-state index contributed by atoms with van der Waals surface area (Å²) in [7, 11) is -4.67. The Morgan fingerprint density at radius 3 is 2.53 bits per heavy atom. The lowest BCUT2D eigenvalue weighted by Crippen LogP contribution is -2.48. The molecule has 0 unspecified atom stereocenters. The first kappa shape index (κ1) is 26.8. The second-order valence-corrected chi connectivity index (χ2v) is 14.3. The normalized spacial score (nSPS) is 48.3. The molecular formula is C28H45NO6S. The van der Waals surface area contributed by atoms with Crippen molar-refractivity contribution in [2.75, 3.05) is 6.54 Å². The Morgan fingerprint density at radius 1 is 1.08 bits per heavy atom. The predicted molar refractivity (Wildman–Crippen MR) is 138 cm³/mol. The highest BCUT2D eigenvalue weighted by atomic mass is 32.3. The molecule has 3 N–H and O–H groups in total. The van der Waals surface area contributed by atoms with E-state index in [0.717, 1.165) is 55.9 Å². The number of nitrogens with one attached hydrogen (secondary N) is 1. The van der Waals surface area contributed by atoms with E-state index >= 15 is 0 Å². The van der Waals surface area contributed by atoms with Crippen LogP contribution in [0, 0.1) is 40.9 Å². The number of ether oxygens (including phenoxy) is 1. The molecule has 5 fully saturated rings. The van der Waals surface area contributed by atoms with Gasteiger partial charge in [-0.25, -0.2) is 0 Å². The summed E-state index contributed by atoms with van der Waals surface area (Å²) in [6.45, 7) is 11.0. The van der Waals surface area contributed by atoms with Crippen molar-refractivity contribution in [1.29, 1.82) is 0 Å². The zero-order valence-electron chi connectivity index (χ0n) is 22.3. The lowest BCUT2D eigenvalue weighted by Gasteiger charge is -2.52. The highest BCUT2D eigenvalue weighted by Gasteiger charge is 2.59. The summed E-state index contributed by atoms with van der Waals surface area (Å²) in [5.74, 6) is 4.97. The number of carbonyl (C=O) groups excluding carboxylic acids is 1. The van der Waals surface area contributed by atoms with Gasteiger partial charge in [-0.15, -0.1) is 0 Å². The van der Waals surface area contributed by atoms with Gasteiger partial charge in [0.05, 0.1) is 11.7 Å². The molecule has 2 saturated heterocycles. The summed E-state index contributed by atoms with van der Waals surface area (Å²) in [6, 6.07) is 0.550. The minimum atomic E-state index is -4.67. The van der Waals surface area contributed by atoms with Crippen LogP contribution in [0.4, 0.5) is 0 Å². The maximum atomic E-state index is 12.2. The number of ketones is 1. The Morgan fingerprint density at radius 2 is 1.81 bits per heavy atom. The van der Waals surface area contributed by atoms with Gasteiger partial charge in [-0.2, -0.15) is 8.42 Å². The number of Topliss-reactive ketones (excluding diaryl/α,β-unsaturated/α-hetero) is 1. The fraction of sp³-hybridized carbons (Fsp3) is 0.893. The van der Waals surface area contributed by atoms with Gasteiger partial charge in [0.1, 0.15) is 5.78 Å². The van der Waals surface area contributed by atoms with E-state index in [4.69, 9.17) is 22.3 Å². The molecule has 36 heavy (non-hydrogen) atoms. The largest absolute Gasteiger partial charge is 0.394 e. The molecule has 6 rings (SSSR count). The Hall–Kier alpha value is -0.800. The molecule has 0 aromatic rings. The van der Waals surface area contributed by atoms with Crippen molar-refractivity contribution in [1.82, 2.24) is 5.32 Å². The van der Waals surface area contributed by atoms with Crippen LogP contribution in [-0.4, -0.2) is 47.6 Å². The molecule has 0 aromatic carbocycles. The fourth-order valence-electron chi connectivity index (χ4n) is 9.61. The van der Waals surface area contributed by atoms with E-state index < -0.39 is 10.4 Å². The Labute approximate surface area is 216 Å². The molecule has 0 amide bonds. The molecule has 3 saturated carbocycles. The zero-order valence-corrected chi connectivity index (χ0v) is 23.1. The molecule has 204 valence electrons. The summed E-state index contributed by atoms with van der Waals surface area (Å²) in [5, 5.41) is 3.85. The zero-order chi connectivity index (χ0) is 26.0. The van der Waals surface area contributed by atoms with Crippen LogP contribution in [0.25, 0.3) is 0 Å². The molecule has 8 heteroatoms. The summed E-state index contributed by atoms with van der Waals surface area (Å²) < 4.78 is 38.6. The van der Waals surface area contributed by atoms with Crippen molar-refractivity contribution in [3.05, 3.63) is 11.1 Å². The lowest BCUT2D eigenvalue weighted by molar-refractivity contribution is -0.129. The maximum Gasteiger partial charge on any atom is 0.394 e. The third-order valence-corrected chi connectivity index (χ3v) is 11.4. The van der Waals surface area contributed by atoms with Crippen molar-refractivity contribution in [2.45, 2.75) is 110 Å². The van der Waals surface area contributed by atoms with Crippen molar-refractivity contribution < 1.29 is 27.1 Å². The average molecular weight is 524 g/mol. The van der Waals surface area contributed by atoms with Gasteiger partial charge in [0.25, 0.3) is 0 Å². The van der Waals surface area contributed by atoms with Crippen LogP contribution in [0.15, 0.2) is 11.1 Å². The standard InChI is InChI=1S/C28H43NO2.H2O4S/c1-16-11-25-26(29-15-16)18(3)28(31-25)10-8-21-22-6-5-19-12-20(30)7-9-27(19,4)24(22)13-23(21)17(2)14-28;1-5(2,3)4/h16,18-19,21-22,24-26,29H,5-15H2,1-4H3;(H2,1,2,3,4)/t16-,18+,19+,21-,22-,24-,25+,26-,27-,28-;/m0./s1. The summed E-state index contributed by atoms with van der Waals surface area (Å²) in [6.07, 6.45) is 12.2. The van der Waals surface area contributed by atoms with Crippen molar-refractivity contribution in [3.63, 3.8) is 0 Å². The highest BCUT2D eigenvalue weighted by molar-refractivity contribution is 7.79. The number of carbonyl (C=O) groups is 1. The van der Waals surface area contributed by atoms with Crippen molar-refractivity contribution in [3.8, 4) is 0 Å². The first-order valence-corrected chi connectivity index (χ1v) is 15.5. The van der Waals surface area contributed by atoms with Gasteiger partial charge in [0, 0.05) is 24.8 Å². The molecule has 2 aliphatic heterocycles. The van der Waals surface area contributed by atoms with E-state index in [1.165, 1.54) is 38.5 Å². The lowest BCUT2D eigenvalue weighted by atomic mass is 9.52. The first-order chi connectivity index (χ1) is 16.8. The Bertz CT molecular complexity index is 1020. The number of hydrogen-bond acceptors (Lipinski definition) is 5. The first-order valence-electron chi connectivity index (χ1n) is 14.1. The van der Waals surface area contributed by atoms with Crippen LogP contribution in [-0.2, 0) is 19.9 Å². The summed E-state index contributed by atoms with van der Waals surface area (Å²) in [4.78, 5) is 12.2. The molecule has 2 heterocycles. The number of fused-ring (bicyclic) bond motifs is 6. The molecule has 7 nitrogen and oxygen atoms in total. The average Bonchev–Trinajstić information content (AvgIpc) is 3.23. The van der Waals surface area contributed by atoms with E-state index in [0.29, 0.717) is 35.2 Å². The highest BCUT2D eigenvalue weighted by Crippen LogP contribution is 2.65.